The van der Waals surface area contributed by atoms with E-state index in [2.05, 4.69) is 22.4 Å². The Bertz CT molecular complexity index is 435. The molecule has 1 fully saturated rings. The van der Waals surface area contributed by atoms with Crippen molar-refractivity contribution in [2.45, 2.75) is 44.7 Å². The highest BCUT2D eigenvalue weighted by Gasteiger charge is 2.19. The van der Waals surface area contributed by atoms with Gasteiger partial charge in [0, 0.05) is 25.2 Å². The molecule has 1 aliphatic heterocycles. The molecule has 2 heterocycles. The Morgan fingerprint density at radius 2 is 2.40 bits per heavy atom. The van der Waals surface area contributed by atoms with Gasteiger partial charge in [0.2, 0.25) is 5.91 Å². The number of hydrogen-bond acceptors (Lipinski definition) is 3. The molecule has 0 bridgehead atoms. The lowest BCUT2D eigenvalue weighted by molar-refractivity contribution is -0.121. The first-order valence-electron chi connectivity index (χ1n) is 7.30. The number of likely N-dealkylation sites (tertiary alicyclic amines) is 1. The Morgan fingerprint density at radius 3 is 3.10 bits per heavy atom. The minimum atomic E-state index is 0.127. The third kappa shape index (κ3) is 4.80. The summed E-state index contributed by atoms with van der Waals surface area (Å²) >= 11 is 5.78. The van der Waals surface area contributed by atoms with Crippen LogP contribution in [0.4, 0.5) is 0 Å². The van der Waals surface area contributed by atoms with Crippen molar-refractivity contribution in [2.24, 2.45) is 0 Å². The molecule has 0 spiro atoms. The van der Waals surface area contributed by atoms with E-state index in [1.807, 2.05) is 0 Å². The molecule has 0 aliphatic carbocycles. The lowest BCUT2D eigenvalue weighted by Crippen LogP contribution is -2.37. The molecular weight excluding hydrogens is 276 g/mol. The molecule has 1 aromatic rings. The van der Waals surface area contributed by atoms with E-state index in [0.29, 0.717) is 30.6 Å². The van der Waals surface area contributed by atoms with E-state index in [0.717, 1.165) is 13.0 Å². The number of amides is 1. The third-order valence-electron chi connectivity index (χ3n) is 3.89. The number of rotatable bonds is 6. The van der Waals surface area contributed by atoms with Crippen LogP contribution >= 0.6 is 11.6 Å². The van der Waals surface area contributed by atoms with E-state index in [9.17, 15) is 4.79 Å². The Kier molecular flexibility index (Phi) is 5.86. The topological polar surface area (TPSA) is 50.2 Å². The van der Waals surface area contributed by atoms with Crippen LogP contribution < -0.4 is 5.32 Å². The zero-order chi connectivity index (χ0) is 14.4. The summed E-state index contributed by atoms with van der Waals surface area (Å²) in [6, 6.07) is 0.569. The Balaban J connectivity index is 1.60. The van der Waals surface area contributed by atoms with Crippen LogP contribution in [0.25, 0.3) is 0 Å². The van der Waals surface area contributed by atoms with E-state index in [1.165, 1.54) is 19.3 Å². The summed E-state index contributed by atoms with van der Waals surface area (Å²) in [5.74, 6) is 0.127. The smallest absolute Gasteiger partial charge is 0.220 e. The second kappa shape index (κ2) is 7.64. The Morgan fingerprint density at radius 1 is 1.55 bits per heavy atom. The summed E-state index contributed by atoms with van der Waals surface area (Å²) in [7, 11) is 2.16. The number of piperidine rings is 1. The summed E-state index contributed by atoms with van der Waals surface area (Å²) in [5.41, 5.74) is 0. The summed E-state index contributed by atoms with van der Waals surface area (Å²) in [6.45, 7) is 2.41. The van der Waals surface area contributed by atoms with Gasteiger partial charge < -0.3 is 10.2 Å². The van der Waals surface area contributed by atoms with Crippen molar-refractivity contribution in [3.8, 4) is 0 Å². The third-order valence-corrected chi connectivity index (χ3v) is 4.09. The maximum Gasteiger partial charge on any atom is 0.220 e. The van der Waals surface area contributed by atoms with Crippen molar-refractivity contribution in [1.82, 2.24) is 20.0 Å². The van der Waals surface area contributed by atoms with Crippen LogP contribution in [0.1, 0.15) is 32.1 Å². The molecule has 6 heteroatoms. The first-order valence-corrected chi connectivity index (χ1v) is 7.68. The number of carbonyl (C=O) groups excluding carboxylic acids is 1. The van der Waals surface area contributed by atoms with Crippen LogP contribution in [0.5, 0.6) is 0 Å². The van der Waals surface area contributed by atoms with Crippen molar-refractivity contribution in [2.75, 3.05) is 20.1 Å². The van der Waals surface area contributed by atoms with E-state index in [1.54, 1.807) is 17.1 Å². The molecule has 0 aromatic carbocycles. The number of nitrogens with zero attached hydrogens (tertiary/aromatic N) is 3. The standard InChI is InChI=1S/C14H23ClN4O/c1-18-8-3-2-4-13(18)5-6-14(20)16-7-9-19-11-12(15)10-17-19/h10-11,13H,2-9H2,1H3,(H,16,20). The fraction of sp³-hybridized carbons (Fsp3) is 0.714. The maximum atomic E-state index is 11.8. The minimum Gasteiger partial charge on any atom is -0.354 e. The highest BCUT2D eigenvalue weighted by Crippen LogP contribution is 2.18. The van der Waals surface area contributed by atoms with Gasteiger partial charge in [0.1, 0.15) is 0 Å². The molecular formula is C14H23ClN4O. The summed E-state index contributed by atoms with van der Waals surface area (Å²) in [4.78, 5) is 14.2. The minimum absolute atomic E-state index is 0.127. The van der Waals surface area contributed by atoms with E-state index in [-0.39, 0.29) is 5.91 Å². The first kappa shape index (κ1) is 15.3. The second-order valence-corrected chi connectivity index (χ2v) is 5.88. The quantitative estimate of drug-likeness (QED) is 0.873. The maximum absolute atomic E-state index is 11.8. The van der Waals surface area contributed by atoms with E-state index < -0.39 is 0 Å². The van der Waals surface area contributed by atoms with Crippen molar-refractivity contribution >= 4 is 17.5 Å². The lowest BCUT2D eigenvalue weighted by Gasteiger charge is -2.32. The lowest BCUT2D eigenvalue weighted by atomic mass is 9.98. The van der Waals surface area contributed by atoms with Gasteiger partial charge in [-0.15, -0.1) is 0 Å². The Labute approximate surface area is 125 Å². The van der Waals surface area contributed by atoms with Crippen LogP contribution in [-0.2, 0) is 11.3 Å². The van der Waals surface area contributed by atoms with Crippen LogP contribution in [0.2, 0.25) is 5.02 Å². The van der Waals surface area contributed by atoms with Gasteiger partial charge in [-0.1, -0.05) is 18.0 Å². The molecule has 1 atom stereocenters. The molecule has 2 rings (SSSR count). The normalized spacial score (nSPS) is 20.0. The molecule has 1 aromatic heterocycles. The SMILES string of the molecule is CN1CCCCC1CCC(=O)NCCn1cc(Cl)cn1. The molecule has 1 N–H and O–H groups in total. The van der Waals surface area contributed by atoms with Gasteiger partial charge in [-0.25, -0.2) is 0 Å². The number of nitrogens with one attached hydrogen (secondary N) is 1. The summed E-state index contributed by atoms with van der Waals surface area (Å²) in [5, 5.41) is 7.62. The number of hydrogen-bond donors (Lipinski definition) is 1. The van der Waals surface area contributed by atoms with Gasteiger partial charge in [0.05, 0.1) is 17.8 Å². The average molecular weight is 299 g/mol. The summed E-state index contributed by atoms with van der Waals surface area (Å²) < 4.78 is 1.73. The average Bonchev–Trinajstić information content (AvgIpc) is 2.83. The molecule has 1 unspecified atom stereocenters. The number of carbonyl (C=O) groups is 1. The van der Waals surface area contributed by atoms with Crippen molar-refractivity contribution < 1.29 is 4.79 Å². The van der Waals surface area contributed by atoms with Crippen LogP contribution in [-0.4, -0.2) is 46.8 Å². The van der Waals surface area contributed by atoms with Crippen LogP contribution in [0.15, 0.2) is 12.4 Å². The first-order chi connectivity index (χ1) is 9.65. The molecule has 0 radical (unpaired) electrons. The highest BCUT2D eigenvalue weighted by atomic mass is 35.5. The second-order valence-electron chi connectivity index (χ2n) is 5.44. The zero-order valence-electron chi connectivity index (χ0n) is 12.0. The molecule has 5 nitrogen and oxygen atoms in total. The number of halogens is 1. The monoisotopic (exact) mass is 298 g/mol. The zero-order valence-corrected chi connectivity index (χ0v) is 12.8. The number of aromatic nitrogens is 2. The van der Waals surface area contributed by atoms with Gasteiger partial charge in [0.25, 0.3) is 0 Å². The van der Waals surface area contributed by atoms with Crippen molar-refractivity contribution in [1.29, 1.82) is 0 Å². The molecule has 112 valence electrons. The largest absolute Gasteiger partial charge is 0.354 e. The Hall–Kier alpha value is -1.07. The fourth-order valence-electron chi connectivity index (χ4n) is 2.67. The molecule has 1 amide bonds. The predicted octanol–water partition coefficient (Wildman–Crippen LogP) is 1.92. The van der Waals surface area contributed by atoms with Gasteiger partial charge in [0.15, 0.2) is 0 Å². The van der Waals surface area contributed by atoms with Gasteiger partial charge >= 0.3 is 0 Å². The van der Waals surface area contributed by atoms with E-state index in [4.69, 9.17) is 11.6 Å². The predicted molar refractivity (Wildman–Crippen MR) is 79.7 cm³/mol. The van der Waals surface area contributed by atoms with E-state index >= 15 is 0 Å². The van der Waals surface area contributed by atoms with Gasteiger partial charge in [-0.05, 0) is 32.9 Å². The highest BCUT2D eigenvalue weighted by molar-refractivity contribution is 6.30. The van der Waals surface area contributed by atoms with Gasteiger partial charge in [-0.3, -0.25) is 9.48 Å². The molecule has 1 saturated heterocycles. The van der Waals surface area contributed by atoms with Crippen LogP contribution in [0.3, 0.4) is 0 Å². The van der Waals surface area contributed by atoms with Gasteiger partial charge in [-0.2, -0.15) is 5.10 Å². The van der Waals surface area contributed by atoms with Crippen LogP contribution in [0, 0.1) is 0 Å². The van der Waals surface area contributed by atoms with Crippen molar-refractivity contribution in [3.05, 3.63) is 17.4 Å². The van der Waals surface area contributed by atoms with Crippen molar-refractivity contribution in [3.63, 3.8) is 0 Å². The summed E-state index contributed by atoms with van der Waals surface area (Å²) in [6.07, 6.45) is 8.70. The molecule has 1 aliphatic rings. The molecule has 20 heavy (non-hydrogen) atoms. The fourth-order valence-corrected chi connectivity index (χ4v) is 2.82. The molecule has 0 saturated carbocycles.